The van der Waals surface area contributed by atoms with E-state index < -0.39 is 0 Å². The molecule has 0 radical (unpaired) electrons. The number of nitrogens with zero attached hydrogens (tertiary/aromatic N) is 2. The van der Waals surface area contributed by atoms with E-state index in [1.54, 1.807) is 0 Å². The molecule has 0 aliphatic carbocycles. The average Bonchev–Trinajstić information content (AvgIpc) is 2.19. The molecule has 1 aliphatic heterocycles. The molecule has 0 aromatic rings. The Morgan fingerprint density at radius 2 is 2.43 bits per heavy atom. The highest BCUT2D eigenvalue weighted by molar-refractivity contribution is 5.79. The molecule has 1 aliphatic rings. The first-order chi connectivity index (χ1) is 6.77. The first kappa shape index (κ1) is 11.3. The van der Waals surface area contributed by atoms with Crippen molar-refractivity contribution < 1.29 is 0 Å². The Morgan fingerprint density at radius 3 is 3.00 bits per heavy atom. The monoisotopic (exact) mass is 198 g/mol. The topological polar surface area (TPSA) is 53.6 Å². The fraction of sp³-hybridized carbons (Fsp3) is 0.900. The molecule has 82 valence electrons. The summed E-state index contributed by atoms with van der Waals surface area (Å²) in [6.45, 7) is 7.41. The molecule has 3 N–H and O–H groups in total. The van der Waals surface area contributed by atoms with E-state index in [0.717, 1.165) is 37.9 Å². The van der Waals surface area contributed by atoms with Crippen molar-refractivity contribution in [1.29, 1.82) is 0 Å². The summed E-state index contributed by atoms with van der Waals surface area (Å²) in [7, 11) is 0. The number of hydrogen-bond acceptors (Lipinski definition) is 2. The van der Waals surface area contributed by atoms with Crippen LogP contribution in [0, 0.1) is 5.92 Å². The van der Waals surface area contributed by atoms with Gasteiger partial charge in [0.05, 0.1) is 0 Å². The van der Waals surface area contributed by atoms with Crippen molar-refractivity contribution in [1.82, 2.24) is 10.3 Å². The molecule has 14 heavy (non-hydrogen) atoms. The summed E-state index contributed by atoms with van der Waals surface area (Å²) in [6.07, 6.45) is 3.63. The quantitative estimate of drug-likeness (QED) is 0.300. The first-order valence-electron chi connectivity index (χ1n) is 5.54. The number of hydrazine groups is 1. The molecule has 0 aromatic carbocycles. The Balaban J connectivity index is 2.50. The van der Waals surface area contributed by atoms with E-state index in [0.29, 0.717) is 0 Å². The van der Waals surface area contributed by atoms with Crippen LogP contribution in [0.3, 0.4) is 0 Å². The van der Waals surface area contributed by atoms with E-state index in [-0.39, 0.29) is 0 Å². The van der Waals surface area contributed by atoms with E-state index in [2.05, 4.69) is 29.2 Å². The second kappa shape index (κ2) is 5.86. The van der Waals surface area contributed by atoms with Gasteiger partial charge in [-0.15, -0.1) is 0 Å². The Hall–Kier alpha value is -0.770. The Kier molecular flexibility index (Phi) is 4.73. The molecule has 0 aromatic heterocycles. The zero-order valence-corrected chi connectivity index (χ0v) is 9.29. The second-order valence-electron chi connectivity index (χ2n) is 4.04. The molecule has 1 fully saturated rings. The van der Waals surface area contributed by atoms with Crippen molar-refractivity contribution in [3.63, 3.8) is 0 Å². The molecule has 0 saturated carbocycles. The minimum atomic E-state index is 0.754. The smallest absolute Gasteiger partial charge is 0.208 e. The molecule has 4 heteroatoms. The fourth-order valence-corrected chi connectivity index (χ4v) is 1.84. The van der Waals surface area contributed by atoms with Crippen LogP contribution < -0.4 is 11.3 Å². The van der Waals surface area contributed by atoms with Crippen molar-refractivity contribution in [2.45, 2.75) is 33.1 Å². The van der Waals surface area contributed by atoms with Gasteiger partial charge in [0.1, 0.15) is 0 Å². The third-order valence-electron chi connectivity index (χ3n) is 2.57. The lowest BCUT2D eigenvalue weighted by molar-refractivity contribution is 0.266. The summed E-state index contributed by atoms with van der Waals surface area (Å²) in [5.74, 6) is 7.08. The lowest BCUT2D eigenvalue weighted by Gasteiger charge is -2.32. The number of aliphatic imine (C=N–C) groups is 1. The van der Waals surface area contributed by atoms with Gasteiger partial charge < -0.3 is 4.90 Å². The van der Waals surface area contributed by atoms with Crippen LogP contribution >= 0.6 is 0 Å². The molecule has 1 saturated heterocycles. The number of nitrogens with one attached hydrogen (secondary N) is 1. The van der Waals surface area contributed by atoms with Gasteiger partial charge in [-0.3, -0.25) is 10.4 Å². The Bertz CT molecular complexity index is 191. The molecule has 0 spiro atoms. The number of likely N-dealkylation sites (tertiary alicyclic amines) is 1. The number of nitrogens with two attached hydrogens (primary N) is 1. The van der Waals surface area contributed by atoms with E-state index in [1.807, 2.05) is 0 Å². The summed E-state index contributed by atoms with van der Waals surface area (Å²) >= 11 is 0. The Labute approximate surface area is 86.5 Å². The van der Waals surface area contributed by atoms with E-state index in [4.69, 9.17) is 5.84 Å². The van der Waals surface area contributed by atoms with Crippen molar-refractivity contribution in [2.75, 3.05) is 19.6 Å². The molecule has 0 bridgehead atoms. The van der Waals surface area contributed by atoms with Gasteiger partial charge in [0, 0.05) is 19.6 Å². The minimum absolute atomic E-state index is 0.754. The van der Waals surface area contributed by atoms with Crippen molar-refractivity contribution in [2.24, 2.45) is 16.8 Å². The van der Waals surface area contributed by atoms with E-state index in [9.17, 15) is 0 Å². The zero-order chi connectivity index (χ0) is 10.4. The molecular formula is C10H22N4. The normalized spacial score (nSPS) is 23.8. The SMILES string of the molecule is CCCN=C(NN)N1CCCC(C)C1. The maximum atomic E-state index is 5.47. The summed E-state index contributed by atoms with van der Waals surface area (Å²) in [5.41, 5.74) is 2.70. The van der Waals surface area contributed by atoms with Crippen molar-refractivity contribution in [3.8, 4) is 0 Å². The van der Waals surface area contributed by atoms with Crippen molar-refractivity contribution in [3.05, 3.63) is 0 Å². The van der Waals surface area contributed by atoms with Gasteiger partial charge in [0.2, 0.25) is 5.96 Å². The molecule has 1 unspecified atom stereocenters. The van der Waals surface area contributed by atoms with Crippen LogP contribution in [0.1, 0.15) is 33.1 Å². The van der Waals surface area contributed by atoms with Crippen LogP contribution in [0.15, 0.2) is 4.99 Å². The minimum Gasteiger partial charge on any atom is -0.342 e. The largest absolute Gasteiger partial charge is 0.342 e. The number of hydrogen-bond donors (Lipinski definition) is 2. The predicted molar refractivity (Wildman–Crippen MR) is 59.9 cm³/mol. The van der Waals surface area contributed by atoms with Crippen LogP contribution in [-0.2, 0) is 0 Å². The van der Waals surface area contributed by atoms with Gasteiger partial charge in [-0.1, -0.05) is 13.8 Å². The lowest BCUT2D eigenvalue weighted by Crippen LogP contribution is -2.48. The Morgan fingerprint density at radius 1 is 1.64 bits per heavy atom. The molecule has 4 nitrogen and oxygen atoms in total. The predicted octanol–water partition coefficient (Wildman–Crippen LogP) is 0.948. The van der Waals surface area contributed by atoms with E-state index in [1.165, 1.54) is 12.8 Å². The molecule has 1 rings (SSSR count). The van der Waals surface area contributed by atoms with Gasteiger partial charge in [0.15, 0.2) is 0 Å². The molecule has 1 heterocycles. The number of rotatable bonds is 2. The number of guanidine groups is 1. The standard InChI is InChI=1S/C10H22N4/c1-3-6-12-10(13-11)14-7-4-5-9(2)8-14/h9H,3-8,11H2,1-2H3,(H,12,13). The highest BCUT2D eigenvalue weighted by atomic mass is 15.4. The first-order valence-corrected chi connectivity index (χ1v) is 5.54. The van der Waals surface area contributed by atoms with Gasteiger partial charge in [-0.2, -0.15) is 0 Å². The zero-order valence-electron chi connectivity index (χ0n) is 9.29. The highest BCUT2D eigenvalue weighted by Gasteiger charge is 2.18. The molecule has 1 atom stereocenters. The van der Waals surface area contributed by atoms with Gasteiger partial charge >= 0.3 is 0 Å². The molecular weight excluding hydrogens is 176 g/mol. The van der Waals surface area contributed by atoms with Gasteiger partial charge in [0.25, 0.3) is 0 Å². The second-order valence-corrected chi connectivity index (χ2v) is 4.04. The summed E-state index contributed by atoms with van der Waals surface area (Å²) in [6, 6.07) is 0. The van der Waals surface area contributed by atoms with Crippen LogP contribution in [0.2, 0.25) is 0 Å². The van der Waals surface area contributed by atoms with Gasteiger partial charge in [-0.05, 0) is 25.2 Å². The van der Waals surface area contributed by atoms with E-state index >= 15 is 0 Å². The van der Waals surface area contributed by atoms with Gasteiger partial charge in [-0.25, -0.2) is 5.84 Å². The fourth-order valence-electron chi connectivity index (χ4n) is 1.84. The van der Waals surface area contributed by atoms with Crippen LogP contribution in [0.4, 0.5) is 0 Å². The maximum Gasteiger partial charge on any atom is 0.208 e. The highest BCUT2D eigenvalue weighted by Crippen LogP contribution is 2.15. The third kappa shape index (κ3) is 3.18. The third-order valence-corrected chi connectivity index (χ3v) is 2.57. The lowest BCUT2D eigenvalue weighted by atomic mass is 10.0. The molecule has 0 amide bonds. The van der Waals surface area contributed by atoms with Crippen molar-refractivity contribution >= 4 is 5.96 Å². The summed E-state index contributed by atoms with van der Waals surface area (Å²) in [5, 5.41) is 0. The summed E-state index contributed by atoms with van der Waals surface area (Å²) in [4.78, 5) is 6.68. The summed E-state index contributed by atoms with van der Waals surface area (Å²) < 4.78 is 0. The van der Waals surface area contributed by atoms with Crippen LogP contribution in [-0.4, -0.2) is 30.5 Å². The maximum absolute atomic E-state index is 5.47. The van der Waals surface area contributed by atoms with Crippen LogP contribution in [0.5, 0.6) is 0 Å². The number of piperidine rings is 1. The van der Waals surface area contributed by atoms with Crippen LogP contribution in [0.25, 0.3) is 0 Å². The average molecular weight is 198 g/mol.